The lowest BCUT2D eigenvalue weighted by atomic mass is 10.5. The van der Waals surface area contributed by atoms with Gasteiger partial charge in [-0.25, -0.2) is 0 Å². The van der Waals surface area contributed by atoms with Gasteiger partial charge in [-0.3, -0.25) is 4.79 Å². The molecule has 0 aliphatic heterocycles. The normalized spacial score (nSPS) is 9.00. The number of furan rings is 1. The summed E-state index contributed by atoms with van der Waals surface area (Å²) in [6, 6.07) is 2.72. The van der Waals surface area contributed by atoms with Gasteiger partial charge in [0.2, 0.25) is 6.41 Å². The molecule has 1 radical (unpaired) electrons. The zero-order valence-corrected chi connectivity index (χ0v) is 5.00. The van der Waals surface area contributed by atoms with E-state index in [4.69, 9.17) is 0 Å². The number of nitrogens with zero attached hydrogens (tertiary/aromatic N) is 1. The minimum absolute atomic E-state index is 0.644. The van der Waals surface area contributed by atoms with Crippen molar-refractivity contribution in [2.45, 2.75) is 0 Å². The molecule has 0 N–H and O–H groups in total. The topological polar surface area (TPSA) is 33.5 Å². The SMILES string of the molecule is CN(C=O)c1[c]coc1. The van der Waals surface area contributed by atoms with Crippen LogP contribution >= 0.6 is 0 Å². The van der Waals surface area contributed by atoms with E-state index in [1.54, 1.807) is 7.05 Å². The van der Waals surface area contributed by atoms with Crippen molar-refractivity contribution < 1.29 is 9.21 Å². The van der Waals surface area contributed by atoms with Gasteiger partial charge < -0.3 is 9.32 Å². The van der Waals surface area contributed by atoms with E-state index in [1.807, 2.05) is 0 Å². The van der Waals surface area contributed by atoms with E-state index in [1.165, 1.54) is 17.4 Å². The Hall–Kier alpha value is -1.25. The van der Waals surface area contributed by atoms with Gasteiger partial charge in [-0.05, 0) is 0 Å². The maximum Gasteiger partial charge on any atom is 0.213 e. The number of hydrogen-bond donors (Lipinski definition) is 0. The molecule has 47 valence electrons. The molecule has 0 aliphatic rings. The summed E-state index contributed by atoms with van der Waals surface area (Å²) in [5, 5.41) is 0. The molecule has 0 fully saturated rings. The first-order chi connectivity index (χ1) is 4.34. The largest absolute Gasteiger partial charge is 0.470 e. The maximum atomic E-state index is 10.1. The first kappa shape index (κ1) is 5.88. The van der Waals surface area contributed by atoms with Crippen LogP contribution in [0.25, 0.3) is 0 Å². The molecule has 0 unspecified atom stereocenters. The van der Waals surface area contributed by atoms with E-state index in [9.17, 15) is 4.79 Å². The number of anilines is 1. The van der Waals surface area contributed by atoms with Crippen LogP contribution in [0, 0.1) is 6.07 Å². The zero-order chi connectivity index (χ0) is 6.69. The van der Waals surface area contributed by atoms with Gasteiger partial charge in [-0.2, -0.15) is 0 Å². The molecule has 0 spiro atoms. The third kappa shape index (κ3) is 1.10. The highest BCUT2D eigenvalue weighted by molar-refractivity contribution is 5.72. The molecule has 3 heteroatoms. The van der Waals surface area contributed by atoms with Crippen LogP contribution in [0.2, 0.25) is 0 Å². The quantitative estimate of drug-likeness (QED) is 0.543. The van der Waals surface area contributed by atoms with E-state index in [-0.39, 0.29) is 0 Å². The second-order valence-electron chi connectivity index (χ2n) is 1.62. The number of rotatable bonds is 2. The van der Waals surface area contributed by atoms with E-state index in [2.05, 4.69) is 10.5 Å². The molecule has 0 bridgehead atoms. The van der Waals surface area contributed by atoms with E-state index in [0.717, 1.165) is 0 Å². The first-order valence-electron chi connectivity index (χ1n) is 2.46. The van der Waals surface area contributed by atoms with Crippen molar-refractivity contribution in [1.29, 1.82) is 0 Å². The highest BCUT2D eigenvalue weighted by Gasteiger charge is 1.97. The molecule has 3 nitrogen and oxygen atoms in total. The van der Waals surface area contributed by atoms with Crippen LogP contribution in [0.15, 0.2) is 16.9 Å². The van der Waals surface area contributed by atoms with Crippen LogP contribution in [0.3, 0.4) is 0 Å². The second-order valence-corrected chi connectivity index (χ2v) is 1.62. The van der Waals surface area contributed by atoms with Crippen LogP contribution < -0.4 is 4.90 Å². The number of carbonyl (C=O) groups excluding carboxylic acids is 1. The van der Waals surface area contributed by atoms with Crippen molar-refractivity contribution in [3.63, 3.8) is 0 Å². The smallest absolute Gasteiger partial charge is 0.213 e. The Kier molecular flexibility index (Phi) is 1.53. The van der Waals surface area contributed by atoms with Gasteiger partial charge in [0.05, 0.1) is 5.69 Å². The zero-order valence-electron chi connectivity index (χ0n) is 5.00. The van der Waals surface area contributed by atoms with E-state index < -0.39 is 0 Å². The minimum atomic E-state index is 0.644. The fourth-order valence-corrected chi connectivity index (χ4v) is 0.469. The van der Waals surface area contributed by atoms with E-state index in [0.29, 0.717) is 12.1 Å². The Morgan fingerprint density at radius 1 is 1.89 bits per heavy atom. The molecular formula is C6H6NO2. The highest BCUT2D eigenvalue weighted by atomic mass is 16.3. The lowest BCUT2D eigenvalue weighted by Crippen LogP contribution is -2.12. The summed E-state index contributed by atoms with van der Waals surface area (Å²) in [5.41, 5.74) is 0.644. The Morgan fingerprint density at radius 3 is 3.11 bits per heavy atom. The highest BCUT2D eigenvalue weighted by Crippen LogP contribution is 2.08. The summed E-state index contributed by atoms with van der Waals surface area (Å²) in [7, 11) is 1.63. The maximum absolute atomic E-state index is 10.1. The Bertz CT molecular complexity index is 181. The average Bonchev–Trinajstić information content (AvgIpc) is 2.37. The van der Waals surface area contributed by atoms with Crippen molar-refractivity contribution in [2.75, 3.05) is 11.9 Å². The molecule has 1 rings (SSSR count). The van der Waals surface area contributed by atoms with Gasteiger partial charge in [-0.15, -0.1) is 0 Å². The lowest BCUT2D eigenvalue weighted by Gasteiger charge is -2.03. The lowest BCUT2D eigenvalue weighted by molar-refractivity contribution is -0.107. The molecule has 0 aromatic carbocycles. The number of carbonyl (C=O) groups is 1. The average molecular weight is 124 g/mol. The predicted octanol–water partition coefficient (Wildman–Crippen LogP) is 0.672. The van der Waals surface area contributed by atoms with Crippen LogP contribution in [-0.2, 0) is 4.79 Å². The third-order valence-electron chi connectivity index (χ3n) is 0.993. The summed E-state index contributed by atoms with van der Waals surface area (Å²) in [4.78, 5) is 11.4. The third-order valence-corrected chi connectivity index (χ3v) is 0.993. The van der Waals surface area contributed by atoms with Gasteiger partial charge >= 0.3 is 0 Å². The molecule has 0 saturated heterocycles. The van der Waals surface area contributed by atoms with Crippen molar-refractivity contribution in [3.05, 3.63) is 18.6 Å². The Morgan fingerprint density at radius 2 is 2.67 bits per heavy atom. The van der Waals surface area contributed by atoms with Crippen molar-refractivity contribution >= 4 is 12.1 Å². The molecule has 0 saturated carbocycles. The fourth-order valence-electron chi connectivity index (χ4n) is 0.469. The van der Waals surface area contributed by atoms with E-state index >= 15 is 0 Å². The first-order valence-corrected chi connectivity index (χ1v) is 2.46. The molecule has 1 amide bonds. The number of hydrogen-bond acceptors (Lipinski definition) is 2. The molecular weight excluding hydrogens is 118 g/mol. The molecule has 0 atom stereocenters. The van der Waals surface area contributed by atoms with Gasteiger partial charge in [0, 0.05) is 13.1 Å². The van der Waals surface area contributed by atoms with Crippen molar-refractivity contribution in [1.82, 2.24) is 0 Å². The Balaban J connectivity index is 2.76. The summed E-state index contributed by atoms with van der Waals surface area (Å²) in [6.07, 6.45) is 3.55. The van der Waals surface area contributed by atoms with Crippen LogP contribution in [0.1, 0.15) is 0 Å². The van der Waals surface area contributed by atoms with Crippen LogP contribution in [0.4, 0.5) is 5.69 Å². The fraction of sp³-hybridized carbons (Fsp3) is 0.167. The number of amides is 1. The Labute approximate surface area is 52.9 Å². The molecule has 1 aromatic rings. The van der Waals surface area contributed by atoms with Gasteiger partial charge in [0.1, 0.15) is 12.5 Å². The predicted molar refractivity (Wildman–Crippen MR) is 32.0 cm³/mol. The molecule has 1 aromatic heterocycles. The summed E-state index contributed by atoms with van der Waals surface area (Å²) in [5.74, 6) is 0. The second kappa shape index (κ2) is 2.35. The summed E-state index contributed by atoms with van der Waals surface area (Å²) >= 11 is 0. The summed E-state index contributed by atoms with van der Waals surface area (Å²) < 4.78 is 4.68. The van der Waals surface area contributed by atoms with Gasteiger partial charge in [-0.1, -0.05) is 0 Å². The van der Waals surface area contributed by atoms with Crippen molar-refractivity contribution in [3.8, 4) is 0 Å². The van der Waals surface area contributed by atoms with Gasteiger partial charge in [0.25, 0.3) is 0 Å². The standard InChI is InChI=1S/C6H6NO2/c1-7(5-8)6-2-3-9-4-6/h3-5H,1H3. The van der Waals surface area contributed by atoms with Crippen molar-refractivity contribution in [2.24, 2.45) is 0 Å². The molecule has 0 aliphatic carbocycles. The van der Waals surface area contributed by atoms with Crippen LogP contribution in [0.5, 0.6) is 0 Å². The minimum Gasteiger partial charge on any atom is -0.470 e. The molecule has 9 heavy (non-hydrogen) atoms. The molecule has 1 heterocycles. The monoisotopic (exact) mass is 124 g/mol. The van der Waals surface area contributed by atoms with Crippen LogP contribution in [-0.4, -0.2) is 13.5 Å². The summed E-state index contributed by atoms with van der Waals surface area (Å²) in [6.45, 7) is 0. The van der Waals surface area contributed by atoms with Gasteiger partial charge in [0.15, 0.2) is 0 Å².